The van der Waals surface area contributed by atoms with Gasteiger partial charge in [0.1, 0.15) is 10.8 Å². The monoisotopic (exact) mass is 422 g/mol. The van der Waals surface area contributed by atoms with Crippen LogP contribution >= 0.6 is 35.4 Å². The van der Waals surface area contributed by atoms with Gasteiger partial charge < -0.3 is 10.6 Å². The van der Waals surface area contributed by atoms with Crippen molar-refractivity contribution in [3.8, 4) is 0 Å². The molecule has 8 heteroatoms. The van der Waals surface area contributed by atoms with Gasteiger partial charge in [0.2, 0.25) is 0 Å². The molecule has 1 heterocycles. The van der Waals surface area contributed by atoms with E-state index in [1.54, 1.807) is 18.3 Å². The largest absolute Gasteiger partial charge is 0.332 e. The maximum Gasteiger partial charge on any atom is 0.176 e. The summed E-state index contributed by atoms with van der Waals surface area (Å²) in [6.45, 7) is 2.23. The Balaban J connectivity index is 1.72. The maximum absolute atomic E-state index is 14.0. The summed E-state index contributed by atoms with van der Waals surface area (Å²) in [7, 11) is 0. The highest BCUT2D eigenvalue weighted by molar-refractivity contribution is 7.80. The van der Waals surface area contributed by atoms with Crippen LogP contribution in [0.15, 0.2) is 48.7 Å². The minimum Gasteiger partial charge on any atom is -0.332 e. The van der Waals surface area contributed by atoms with Gasteiger partial charge in [-0.2, -0.15) is 5.10 Å². The number of anilines is 2. The predicted molar refractivity (Wildman–Crippen MR) is 113 cm³/mol. The maximum atomic E-state index is 14.0. The van der Waals surface area contributed by atoms with E-state index in [9.17, 15) is 4.39 Å². The second kappa shape index (κ2) is 8.69. The second-order valence-electron chi connectivity index (χ2n) is 5.81. The summed E-state index contributed by atoms with van der Waals surface area (Å²) in [6.07, 6.45) is 2.47. The van der Waals surface area contributed by atoms with Crippen molar-refractivity contribution in [1.29, 1.82) is 0 Å². The van der Waals surface area contributed by atoms with Crippen molar-refractivity contribution >= 4 is 52.0 Å². The van der Waals surface area contributed by atoms with Crippen LogP contribution in [0.2, 0.25) is 10.0 Å². The first-order valence-electron chi connectivity index (χ1n) is 8.29. The van der Waals surface area contributed by atoms with Gasteiger partial charge >= 0.3 is 0 Å². The Labute approximate surface area is 172 Å². The number of halogens is 3. The highest BCUT2D eigenvalue weighted by Crippen LogP contribution is 2.24. The first-order chi connectivity index (χ1) is 13.0. The summed E-state index contributed by atoms with van der Waals surface area (Å²) in [5, 5.41) is 11.5. The van der Waals surface area contributed by atoms with Crippen LogP contribution in [0.1, 0.15) is 18.1 Å². The smallest absolute Gasteiger partial charge is 0.176 e. The van der Waals surface area contributed by atoms with Gasteiger partial charge in [-0.05, 0) is 42.4 Å². The molecule has 0 atom stereocenters. The molecule has 0 saturated carbocycles. The SMILES string of the molecule is CCc1ccccc1NC(=S)Nc1nn(Cc2c(F)cccc2Cl)cc1Cl. The molecule has 0 aliphatic heterocycles. The highest BCUT2D eigenvalue weighted by Gasteiger charge is 2.13. The van der Waals surface area contributed by atoms with Gasteiger partial charge in [0.25, 0.3) is 0 Å². The van der Waals surface area contributed by atoms with E-state index in [2.05, 4.69) is 22.7 Å². The molecule has 0 spiro atoms. The molecule has 0 amide bonds. The molecule has 0 aliphatic carbocycles. The number of nitrogens with one attached hydrogen (secondary N) is 2. The Hall–Kier alpha value is -2.15. The second-order valence-corrected chi connectivity index (χ2v) is 7.04. The van der Waals surface area contributed by atoms with Crippen LogP contribution in [0, 0.1) is 5.82 Å². The summed E-state index contributed by atoms with van der Waals surface area (Å²) in [5.74, 6) is -0.00685. The van der Waals surface area contributed by atoms with Gasteiger partial charge in [0, 0.05) is 22.5 Å². The summed E-state index contributed by atoms with van der Waals surface area (Å²) in [5.41, 5.74) is 2.42. The number of benzene rings is 2. The van der Waals surface area contributed by atoms with E-state index < -0.39 is 5.82 Å². The van der Waals surface area contributed by atoms with E-state index in [4.69, 9.17) is 35.4 Å². The molecule has 0 bridgehead atoms. The fraction of sp³-hybridized carbons (Fsp3) is 0.158. The highest BCUT2D eigenvalue weighted by atomic mass is 35.5. The number of hydrogen-bond acceptors (Lipinski definition) is 2. The predicted octanol–water partition coefficient (Wildman–Crippen LogP) is 5.75. The zero-order valence-electron chi connectivity index (χ0n) is 14.5. The molecular weight excluding hydrogens is 406 g/mol. The molecule has 1 aromatic heterocycles. The van der Waals surface area contributed by atoms with Gasteiger partial charge in [-0.1, -0.05) is 54.4 Å². The number of rotatable bonds is 5. The lowest BCUT2D eigenvalue weighted by atomic mass is 10.1. The van der Waals surface area contributed by atoms with Crippen molar-refractivity contribution in [3.63, 3.8) is 0 Å². The average Bonchev–Trinajstić information content (AvgIpc) is 2.98. The molecule has 3 rings (SSSR count). The van der Waals surface area contributed by atoms with Crippen molar-refractivity contribution in [2.75, 3.05) is 10.6 Å². The van der Waals surface area contributed by atoms with E-state index in [0.717, 1.165) is 17.7 Å². The summed E-state index contributed by atoms with van der Waals surface area (Å²) >= 11 is 17.7. The summed E-state index contributed by atoms with van der Waals surface area (Å²) in [4.78, 5) is 0. The Bertz CT molecular complexity index is 954. The Kier molecular flexibility index (Phi) is 6.31. The van der Waals surface area contributed by atoms with Crippen LogP contribution in [0.4, 0.5) is 15.9 Å². The standard InChI is InChI=1S/C19H17Cl2FN4S/c1-2-12-6-3-4-9-17(12)23-19(27)24-18-15(21)11-26(25-18)10-13-14(20)7-5-8-16(13)22/h3-9,11H,2,10H2,1H3,(H2,23,24,25,27). The molecule has 0 saturated heterocycles. The van der Waals surface area contributed by atoms with Gasteiger partial charge in [0.15, 0.2) is 10.9 Å². The minimum atomic E-state index is -0.392. The van der Waals surface area contributed by atoms with E-state index >= 15 is 0 Å². The third kappa shape index (κ3) is 4.77. The van der Waals surface area contributed by atoms with Crippen molar-refractivity contribution < 1.29 is 4.39 Å². The van der Waals surface area contributed by atoms with Crippen LogP contribution < -0.4 is 10.6 Å². The van der Waals surface area contributed by atoms with Crippen LogP contribution in [0.5, 0.6) is 0 Å². The molecule has 2 aromatic carbocycles. The van der Waals surface area contributed by atoms with Crippen molar-refractivity contribution in [3.05, 3.63) is 75.7 Å². The molecule has 0 fully saturated rings. The number of aromatic nitrogens is 2. The first kappa shape index (κ1) is 19.6. The molecule has 3 aromatic rings. The molecule has 0 radical (unpaired) electrons. The Morgan fingerprint density at radius 1 is 1.11 bits per heavy atom. The first-order valence-corrected chi connectivity index (χ1v) is 9.46. The lowest BCUT2D eigenvalue weighted by Crippen LogP contribution is -2.20. The quantitative estimate of drug-likeness (QED) is 0.513. The minimum absolute atomic E-state index is 0.158. The van der Waals surface area contributed by atoms with Crippen molar-refractivity contribution in [2.45, 2.75) is 19.9 Å². The Morgan fingerprint density at radius 3 is 2.63 bits per heavy atom. The molecular formula is C19H17Cl2FN4S. The average molecular weight is 423 g/mol. The van der Waals surface area contributed by atoms with Gasteiger partial charge in [-0.25, -0.2) is 4.39 Å². The van der Waals surface area contributed by atoms with Crippen molar-refractivity contribution in [2.24, 2.45) is 0 Å². The number of thiocarbonyl (C=S) groups is 1. The van der Waals surface area contributed by atoms with Crippen molar-refractivity contribution in [1.82, 2.24) is 9.78 Å². The number of hydrogen-bond donors (Lipinski definition) is 2. The fourth-order valence-corrected chi connectivity index (χ4v) is 3.25. The molecule has 4 nitrogen and oxygen atoms in total. The molecule has 0 aliphatic rings. The van der Waals surface area contributed by atoms with E-state index in [-0.39, 0.29) is 6.54 Å². The van der Waals surface area contributed by atoms with E-state index in [1.165, 1.54) is 10.7 Å². The van der Waals surface area contributed by atoms with Crippen LogP contribution in [-0.4, -0.2) is 14.9 Å². The lowest BCUT2D eigenvalue weighted by molar-refractivity contribution is 0.586. The molecule has 140 valence electrons. The lowest BCUT2D eigenvalue weighted by Gasteiger charge is -2.12. The van der Waals surface area contributed by atoms with Gasteiger partial charge in [-0.3, -0.25) is 4.68 Å². The third-order valence-corrected chi connectivity index (χ3v) is 4.81. The Morgan fingerprint density at radius 2 is 1.89 bits per heavy atom. The molecule has 2 N–H and O–H groups in total. The number of nitrogens with zero attached hydrogens (tertiary/aromatic N) is 2. The zero-order valence-corrected chi connectivity index (χ0v) is 16.8. The van der Waals surface area contributed by atoms with Crippen LogP contribution in [0.25, 0.3) is 0 Å². The van der Waals surface area contributed by atoms with Crippen LogP contribution in [0.3, 0.4) is 0 Å². The zero-order chi connectivity index (χ0) is 19.4. The number of para-hydroxylation sites is 1. The van der Waals surface area contributed by atoms with E-state index in [0.29, 0.717) is 26.5 Å². The molecule has 27 heavy (non-hydrogen) atoms. The van der Waals surface area contributed by atoms with E-state index in [1.807, 2.05) is 24.3 Å². The fourth-order valence-electron chi connectivity index (χ4n) is 2.62. The normalized spacial score (nSPS) is 10.7. The summed E-state index contributed by atoms with van der Waals surface area (Å²) < 4.78 is 15.5. The van der Waals surface area contributed by atoms with Gasteiger partial charge in [-0.15, -0.1) is 0 Å². The van der Waals surface area contributed by atoms with Gasteiger partial charge in [0.05, 0.1) is 6.54 Å². The molecule has 0 unspecified atom stereocenters. The van der Waals surface area contributed by atoms with Crippen LogP contribution in [-0.2, 0) is 13.0 Å². The third-order valence-electron chi connectivity index (χ3n) is 3.98. The summed E-state index contributed by atoms with van der Waals surface area (Å²) in [6, 6.07) is 12.4. The number of aryl methyl sites for hydroxylation is 1. The topological polar surface area (TPSA) is 41.9 Å².